The molecule has 4 nitrogen and oxygen atoms in total. The van der Waals surface area contributed by atoms with Crippen molar-refractivity contribution in [2.75, 3.05) is 32.0 Å². The van der Waals surface area contributed by atoms with Crippen molar-refractivity contribution < 1.29 is 0 Å². The van der Waals surface area contributed by atoms with Crippen LogP contribution in [0.4, 0.5) is 5.82 Å². The van der Waals surface area contributed by atoms with Crippen molar-refractivity contribution in [3.63, 3.8) is 0 Å². The number of nitriles is 1. The lowest BCUT2D eigenvalue weighted by atomic mass is 10.1. The van der Waals surface area contributed by atoms with Crippen LogP contribution in [0.1, 0.15) is 23.2 Å². The first-order valence-electron chi connectivity index (χ1n) is 6.41. The number of aromatic nitrogens is 1. The van der Waals surface area contributed by atoms with Crippen LogP contribution in [0.15, 0.2) is 6.07 Å². The third-order valence-electron chi connectivity index (χ3n) is 3.50. The van der Waals surface area contributed by atoms with Gasteiger partial charge in [0.2, 0.25) is 0 Å². The van der Waals surface area contributed by atoms with Crippen molar-refractivity contribution in [3.05, 3.63) is 22.9 Å². The smallest absolute Gasteiger partial charge is 0.144 e. The largest absolute Gasteiger partial charge is 0.369 e. The van der Waals surface area contributed by atoms with Gasteiger partial charge in [0.15, 0.2) is 0 Å². The number of aryl methyl sites for hydroxylation is 2. The summed E-state index contributed by atoms with van der Waals surface area (Å²) in [5.41, 5.74) is 2.63. The molecule has 1 aliphatic rings. The van der Waals surface area contributed by atoms with E-state index in [0.29, 0.717) is 11.5 Å². The summed E-state index contributed by atoms with van der Waals surface area (Å²) in [6.07, 6.45) is 1.22. The van der Waals surface area contributed by atoms with E-state index in [1.165, 1.54) is 6.42 Å². The Labute approximate surface area is 109 Å². The standard InChI is InChI=1S/C14H20N4/c1-10-6-11(2)17-14(13(10)7-15)16-8-12-4-5-18(3)9-12/h6,12H,4-5,8-9H2,1-3H3,(H,16,17). The Morgan fingerprint density at radius 1 is 1.56 bits per heavy atom. The molecule has 0 bridgehead atoms. The average molecular weight is 244 g/mol. The summed E-state index contributed by atoms with van der Waals surface area (Å²) in [5, 5.41) is 12.5. The molecule has 0 aliphatic carbocycles. The van der Waals surface area contributed by atoms with Gasteiger partial charge in [-0.15, -0.1) is 0 Å². The molecule has 96 valence electrons. The molecule has 0 saturated carbocycles. The first kappa shape index (κ1) is 12.8. The molecule has 1 atom stereocenters. The second-order valence-electron chi connectivity index (χ2n) is 5.21. The van der Waals surface area contributed by atoms with Gasteiger partial charge in [0.1, 0.15) is 11.9 Å². The van der Waals surface area contributed by atoms with Crippen molar-refractivity contribution in [1.82, 2.24) is 9.88 Å². The normalized spacial score (nSPS) is 19.8. The molecule has 1 aromatic heterocycles. The highest BCUT2D eigenvalue weighted by Gasteiger charge is 2.19. The van der Waals surface area contributed by atoms with Gasteiger partial charge in [0.25, 0.3) is 0 Å². The van der Waals surface area contributed by atoms with Crippen molar-refractivity contribution >= 4 is 5.82 Å². The second kappa shape index (κ2) is 5.36. The molecule has 0 amide bonds. The fraction of sp³-hybridized carbons (Fsp3) is 0.571. The summed E-state index contributed by atoms with van der Waals surface area (Å²) in [6, 6.07) is 4.19. The zero-order valence-corrected chi connectivity index (χ0v) is 11.3. The molecular formula is C14H20N4. The summed E-state index contributed by atoms with van der Waals surface area (Å²) < 4.78 is 0. The predicted octanol–water partition coefficient (Wildman–Crippen LogP) is 1.93. The van der Waals surface area contributed by atoms with Crippen molar-refractivity contribution in [3.8, 4) is 6.07 Å². The van der Waals surface area contributed by atoms with Crippen LogP contribution in [0, 0.1) is 31.1 Å². The van der Waals surface area contributed by atoms with Gasteiger partial charge in [-0.1, -0.05) is 0 Å². The van der Waals surface area contributed by atoms with E-state index < -0.39 is 0 Å². The Balaban J connectivity index is 2.07. The van der Waals surface area contributed by atoms with Crippen LogP contribution in [-0.2, 0) is 0 Å². The van der Waals surface area contributed by atoms with Crippen LogP contribution in [0.25, 0.3) is 0 Å². The van der Waals surface area contributed by atoms with Gasteiger partial charge >= 0.3 is 0 Å². The van der Waals surface area contributed by atoms with Gasteiger partial charge in [-0.05, 0) is 51.4 Å². The quantitative estimate of drug-likeness (QED) is 0.882. The van der Waals surface area contributed by atoms with Crippen LogP contribution in [0.5, 0.6) is 0 Å². The van der Waals surface area contributed by atoms with Gasteiger partial charge in [-0.3, -0.25) is 0 Å². The monoisotopic (exact) mass is 244 g/mol. The van der Waals surface area contributed by atoms with Crippen LogP contribution >= 0.6 is 0 Å². The lowest BCUT2D eigenvalue weighted by Gasteiger charge is -2.14. The molecule has 18 heavy (non-hydrogen) atoms. The maximum absolute atomic E-state index is 9.19. The lowest BCUT2D eigenvalue weighted by molar-refractivity contribution is 0.399. The van der Waals surface area contributed by atoms with Gasteiger partial charge < -0.3 is 10.2 Å². The van der Waals surface area contributed by atoms with Gasteiger partial charge in [0, 0.05) is 18.8 Å². The lowest BCUT2D eigenvalue weighted by Crippen LogP contribution is -2.20. The highest BCUT2D eigenvalue weighted by Crippen LogP contribution is 2.20. The van der Waals surface area contributed by atoms with Crippen LogP contribution in [0.2, 0.25) is 0 Å². The van der Waals surface area contributed by atoms with Crippen molar-refractivity contribution in [1.29, 1.82) is 5.26 Å². The minimum absolute atomic E-state index is 0.657. The molecule has 0 spiro atoms. The first-order valence-corrected chi connectivity index (χ1v) is 6.41. The average Bonchev–Trinajstić information content (AvgIpc) is 2.72. The summed E-state index contributed by atoms with van der Waals surface area (Å²) >= 11 is 0. The van der Waals surface area contributed by atoms with E-state index in [2.05, 4.69) is 28.3 Å². The zero-order valence-electron chi connectivity index (χ0n) is 11.3. The number of pyridine rings is 1. The third kappa shape index (κ3) is 2.80. The molecule has 0 radical (unpaired) electrons. The predicted molar refractivity (Wildman–Crippen MR) is 72.5 cm³/mol. The number of likely N-dealkylation sites (tertiary alicyclic amines) is 1. The van der Waals surface area contributed by atoms with Gasteiger partial charge in [-0.2, -0.15) is 5.26 Å². The van der Waals surface area contributed by atoms with E-state index in [4.69, 9.17) is 0 Å². The van der Waals surface area contributed by atoms with E-state index in [-0.39, 0.29) is 0 Å². The van der Waals surface area contributed by atoms with E-state index >= 15 is 0 Å². The Kier molecular flexibility index (Phi) is 3.83. The molecule has 1 saturated heterocycles. The molecule has 1 N–H and O–H groups in total. The van der Waals surface area contributed by atoms with Crippen LogP contribution < -0.4 is 5.32 Å². The maximum Gasteiger partial charge on any atom is 0.144 e. The fourth-order valence-electron chi connectivity index (χ4n) is 2.54. The molecular weight excluding hydrogens is 224 g/mol. The number of anilines is 1. The first-order chi connectivity index (χ1) is 8.60. The fourth-order valence-corrected chi connectivity index (χ4v) is 2.54. The minimum atomic E-state index is 0.657. The third-order valence-corrected chi connectivity index (χ3v) is 3.50. The van der Waals surface area contributed by atoms with Crippen molar-refractivity contribution in [2.24, 2.45) is 5.92 Å². The maximum atomic E-state index is 9.19. The zero-order chi connectivity index (χ0) is 13.1. The van der Waals surface area contributed by atoms with E-state index in [9.17, 15) is 5.26 Å². The molecule has 1 unspecified atom stereocenters. The number of hydrogen-bond donors (Lipinski definition) is 1. The van der Waals surface area contributed by atoms with Crippen LogP contribution in [0.3, 0.4) is 0 Å². The van der Waals surface area contributed by atoms with Gasteiger partial charge in [0.05, 0.1) is 5.56 Å². The molecule has 2 heterocycles. The number of rotatable bonds is 3. The molecule has 4 heteroatoms. The second-order valence-corrected chi connectivity index (χ2v) is 5.21. The number of nitrogens with zero attached hydrogens (tertiary/aromatic N) is 3. The van der Waals surface area contributed by atoms with E-state index in [1.54, 1.807) is 0 Å². The summed E-state index contributed by atoms with van der Waals surface area (Å²) in [4.78, 5) is 6.78. The Hall–Kier alpha value is -1.60. The minimum Gasteiger partial charge on any atom is -0.369 e. The SMILES string of the molecule is Cc1cc(C)c(C#N)c(NCC2CCN(C)C2)n1. The summed E-state index contributed by atoms with van der Waals surface area (Å²) in [7, 11) is 2.15. The topological polar surface area (TPSA) is 52.0 Å². The number of hydrogen-bond acceptors (Lipinski definition) is 4. The Bertz CT molecular complexity index is 475. The highest BCUT2D eigenvalue weighted by molar-refractivity contribution is 5.56. The van der Waals surface area contributed by atoms with Gasteiger partial charge in [-0.25, -0.2) is 4.98 Å². The molecule has 0 aromatic carbocycles. The molecule has 1 aromatic rings. The summed E-state index contributed by atoms with van der Waals surface area (Å²) in [5.74, 6) is 1.40. The van der Waals surface area contributed by atoms with Crippen molar-refractivity contribution in [2.45, 2.75) is 20.3 Å². The Morgan fingerprint density at radius 2 is 2.33 bits per heavy atom. The molecule has 2 rings (SSSR count). The number of nitrogens with one attached hydrogen (secondary N) is 1. The van der Waals surface area contributed by atoms with Crippen LogP contribution in [-0.4, -0.2) is 36.6 Å². The molecule has 1 fully saturated rings. The highest BCUT2D eigenvalue weighted by atomic mass is 15.1. The Morgan fingerprint density at radius 3 is 2.94 bits per heavy atom. The van der Waals surface area contributed by atoms with E-state index in [1.807, 2.05) is 19.9 Å². The van der Waals surface area contributed by atoms with E-state index in [0.717, 1.165) is 36.7 Å². The summed E-state index contributed by atoms with van der Waals surface area (Å²) in [6.45, 7) is 7.11. The molecule has 1 aliphatic heterocycles.